The van der Waals surface area contributed by atoms with Crippen molar-refractivity contribution < 1.29 is 0 Å². The Balaban J connectivity index is 7.02. The van der Waals surface area contributed by atoms with E-state index < -0.39 is 14.1 Å². The van der Waals surface area contributed by atoms with E-state index in [1.165, 1.54) is 0 Å². The van der Waals surface area contributed by atoms with Crippen molar-refractivity contribution >= 4 is 25.3 Å². The molecule has 0 aliphatic carbocycles. The van der Waals surface area contributed by atoms with E-state index in [1.54, 1.807) is 0 Å². The molecule has 7 nitrogen and oxygen atoms in total. The second-order valence-corrected chi connectivity index (χ2v) is 16.6. The van der Waals surface area contributed by atoms with Crippen molar-refractivity contribution in [1.82, 2.24) is 28.0 Å². The number of nitrogens with zero attached hydrogens (tertiary/aromatic N) is 7. The van der Waals surface area contributed by atoms with Crippen molar-refractivity contribution in [3.8, 4) is 0 Å². The molecule has 136 valence electrons. The molecule has 0 aliphatic rings. The van der Waals surface area contributed by atoms with Crippen LogP contribution in [-0.2, 0) is 0 Å². The average Bonchev–Trinajstić information content (AvgIpc) is 2.33. The molecular formula is C12H36ClN7P2. The van der Waals surface area contributed by atoms with Gasteiger partial charge >= 0.3 is 142 Å². The van der Waals surface area contributed by atoms with E-state index in [1.807, 2.05) is 42.3 Å². The van der Waals surface area contributed by atoms with Crippen molar-refractivity contribution in [3.63, 3.8) is 0 Å². The Hall–Kier alpha value is 0.710. The summed E-state index contributed by atoms with van der Waals surface area (Å²) in [4.78, 5) is 0. The molecule has 0 rings (SSSR count). The summed E-state index contributed by atoms with van der Waals surface area (Å²) >= 11 is 7.41. The van der Waals surface area contributed by atoms with Gasteiger partial charge in [0.1, 0.15) is 0 Å². The van der Waals surface area contributed by atoms with Crippen molar-refractivity contribution in [2.24, 2.45) is 4.52 Å². The Bertz CT molecular complexity index is 382. The van der Waals surface area contributed by atoms with E-state index >= 15 is 0 Å². The van der Waals surface area contributed by atoms with E-state index in [4.69, 9.17) is 15.8 Å². The molecule has 0 atom stereocenters. The molecule has 0 saturated carbocycles. The molecule has 0 aromatic heterocycles. The van der Waals surface area contributed by atoms with Crippen LogP contribution in [0.2, 0.25) is 0 Å². The summed E-state index contributed by atoms with van der Waals surface area (Å²) in [7, 11) is 22.3. The van der Waals surface area contributed by atoms with Crippen molar-refractivity contribution in [2.45, 2.75) is 0 Å². The summed E-state index contributed by atoms with van der Waals surface area (Å²) in [6, 6.07) is 0. The van der Waals surface area contributed by atoms with Crippen molar-refractivity contribution in [2.75, 3.05) is 84.6 Å². The summed E-state index contributed by atoms with van der Waals surface area (Å²) in [5, 5.41) is 0. The molecule has 0 amide bonds. The van der Waals surface area contributed by atoms with Gasteiger partial charge in [0.25, 0.3) is 0 Å². The first-order chi connectivity index (χ1) is 9.69. The van der Waals surface area contributed by atoms with Crippen LogP contribution in [0.3, 0.4) is 0 Å². The zero-order chi connectivity index (χ0) is 18.1. The number of halogens is 1. The van der Waals surface area contributed by atoms with Gasteiger partial charge in [0, 0.05) is 0 Å². The summed E-state index contributed by atoms with van der Waals surface area (Å²) in [5.41, 5.74) is 0. The monoisotopic (exact) mass is 375 g/mol. The van der Waals surface area contributed by atoms with Gasteiger partial charge in [0.2, 0.25) is 0 Å². The molecule has 10 heteroatoms. The van der Waals surface area contributed by atoms with Crippen LogP contribution in [0.1, 0.15) is 0 Å². The SMILES string of the molecule is CN(C)P(=NP(Cl)(N(C)C)(N(C)C)N(C)C)(N(C)C)N(C)C. The predicted molar refractivity (Wildman–Crippen MR) is 104 cm³/mol. The molecule has 0 radical (unpaired) electrons. The molecule has 0 spiro atoms. The van der Waals surface area contributed by atoms with Gasteiger partial charge in [-0.3, -0.25) is 0 Å². The molecule has 0 N–H and O–H groups in total. The van der Waals surface area contributed by atoms with Gasteiger partial charge in [0.15, 0.2) is 0 Å². The molecule has 0 saturated heterocycles. The molecule has 0 bridgehead atoms. The van der Waals surface area contributed by atoms with E-state index in [-0.39, 0.29) is 0 Å². The molecule has 0 unspecified atom stereocenters. The quantitative estimate of drug-likeness (QED) is 0.636. The number of rotatable bonds is 7. The molecule has 0 aromatic rings. The first kappa shape index (κ1) is 22.7. The molecule has 0 heterocycles. The van der Waals surface area contributed by atoms with Crippen LogP contribution in [0.15, 0.2) is 4.52 Å². The summed E-state index contributed by atoms with van der Waals surface area (Å²) in [6.07, 6.45) is 0. The molecule has 0 fully saturated rings. The summed E-state index contributed by atoms with van der Waals surface area (Å²) in [5.74, 6) is 0. The minimum atomic E-state index is -3.33. The maximum absolute atomic E-state index is 7.41. The third-order valence-corrected chi connectivity index (χ3v) is 16.8. The van der Waals surface area contributed by atoms with Crippen LogP contribution in [-0.4, -0.2) is 113 Å². The predicted octanol–water partition coefficient (Wildman–Crippen LogP) is 2.67. The standard InChI is InChI=1S/C12H36ClN7P2/c1-15(2)21(16(3)4,17(5)6)14-22(13,18(7)8,19(9)10)20(11)12/h1-12H3. The fourth-order valence-electron chi connectivity index (χ4n) is 2.83. The summed E-state index contributed by atoms with van der Waals surface area (Å²) in [6.45, 7) is -3.33. The zero-order valence-corrected chi connectivity index (χ0v) is 18.9. The second-order valence-electron chi connectivity index (χ2n) is 6.55. The molecular weight excluding hydrogens is 340 g/mol. The topological polar surface area (TPSA) is 31.8 Å². The average molecular weight is 376 g/mol. The van der Waals surface area contributed by atoms with Gasteiger partial charge < -0.3 is 0 Å². The van der Waals surface area contributed by atoms with Crippen molar-refractivity contribution in [3.05, 3.63) is 0 Å². The van der Waals surface area contributed by atoms with Gasteiger partial charge in [-0.15, -0.1) is 0 Å². The van der Waals surface area contributed by atoms with Crippen LogP contribution >= 0.6 is 25.3 Å². The van der Waals surface area contributed by atoms with E-state index in [9.17, 15) is 0 Å². The Morgan fingerprint density at radius 3 is 0.955 bits per heavy atom. The molecule has 22 heavy (non-hydrogen) atoms. The number of hydrogen-bond acceptors (Lipinski definition) is 4. The Labute approximate surface area is 142 Å². The van der Waals surface area contributed by atoms with Crippen LogP contribution in [0.5, 0.6) is 0 Å². The van der Waals surface area contributed by atoms with Gasteiger partial charge in [-0.05, 0) is 0 Å². The minimum absolute atomic E-state index is 2.00. The normalized spacial score (nSPS) is 16.2. The second kappa shape index (κ2) is 7.30. The van der Waals surface area contributed by atoms with Crippen molar-refractivity contribution in [1.29, 1.82) is 0 Å². The third kappa shape index (κ3) is 3.26. The molecule has 0 aliphatic heterocycles. The molecule has 0 aromatic carbocycles. The van der Waals surface area contributed by atoms with Gasteiger partial charge in [-0.2, -0.15) is 0 Å². The fourth-order valence-corrected chi connectivity index (χ4v) is 13.4. The van der Waals surface area contributed by atoms with E-state index in [2.05, 4.69) is 70.3 Å². The Morgan fingerprint density at radius 2 is 0.818 bits per heavy atom. The van der Waals surface area contributed by atoms with E-state index in [0.29, 0.717) is 0 Å². The zero-order valence-electron chi connectivity index (χ0n) is 16.4. The Morgan fingerprint density at radius 1 is 0.591 bits per heavy atom. The Kier molecular flexibility index (Phi) is 7.54. The van der Waals surface area contributed by atoms with E-state index in [0.717, 1.165) is 0 Å². The van der Waals surface area contributed by atoms with Crippen LogP contribution in [0.4, 0.5) is 0 Å². The first-order valence-corrected chi connectivity index (χ1v) is 11.7. The number of hydrogen-bond donors (Lipinski definition) is 0. The first-order valence-electron chi connectivity index (χ1n) is 7.14. The van der Waals surface area contributed by atoms with Gasteiger partial charge in [-0.1, -0.05) is 0 Å². The summed E-state index contributed by atoms with van der Waals surface area (Å²) < 4.78 is 18.2. The van der Waals surface area contributed by atoms with Gasteiger partial charge in [-0.25, -0.2) is 0 Å². The maximum atomic E-state index is 7.41. The van der Waals surface area contributed by atoms with Crippen LogP contribution in [0.25, 0.3) is 0 Å². The fraction of sp³-hybridized carbons (Fsp3) is 1.00. The third-order valence-electron chi connectivity index (χ3n) is 3.95. The van der Waals surface area contributed by atoms with Crippen LogP contribution < -0.4 is 0 Å². The van der Waals surface area contributed by atoms with Crippen LogP contribution in [0, 0.1) is 0 Å². The van der Waals surface area contributed by atoms with Gasteiger partial charge in [0.05, 0.1) is 0 Å².